The summed E-state index contributed by atoms with van der Waals surface area (Å²) in [6.07, 6.45) is 3.72. The van der Waals surface area contributed by atoms with Gasteiger partial charge in [-0.2, -0.15) is 0 Å². The number of rotatable bonds is 4. The minimum atomic E-state index is 0. The second-order valence-electron chi connectivity index (χ2n) is 5.82. The normalized spacial score (nSPS) is 16.2. The molecule has 2 heterocycles. The van der Waals surface area contributed by atoms with Crippen molar-refractivity contribution in [3.8, 4) is 11.6 Å². The van der Waals surface area contributed by atoms with Gasteiger partial charge in [-0.1, -0.05) is 15.9 Å². The highest BCUT2D eigenvalue weighted by atomic mass is 79.9. The number of likely N-dealkylation sites (N-methyl/N-ethyl adjacent to an activating group) is 1. The molecule has 0 radical (unpaired) electrons. The number of benzene rings is 1. The summed E-state index contributed by atoms with van der Waals surface area (Å²) in [5.74, 6) is 1.20. The Kier molecular flexibility index (Phi) is 9.36. The minimum Gasteiger partial charge on any atom is -0.439 e. The SMILES string of the molecule is CNC1CCCN(C(=O)c2ccc(Oc3ccc(Br)cc3)nc2)C1.Cl.Cl. The van der Waals surface area contributed by atoms with Gasteiger partial charge in [0.15, 0.2) is 0 Å². The van der Waals surface area contributed by atoms with Gasteiger partial charge in [0.2, 0.25) is 5.88 Å². The van der Waals surface area contributed by atoms with E-state index in [0.29, 0.717) is 23.2 Å². The number of likely N-dealkylation sites (tertiary alicyclic amines) is 1. The third-order valence-corrected chi connectivity index (χ3v) is 4.66. The molecule has 1 aromatic heterocycles. The molecule has 3 rings (SSSR count). The first-order valence-electron chi connectivity index (χ1n) is 8.02. The van der Waals surface area contributed by atoms with Crippen molar-refractivity contribution in [3.05, 3.63) is 52.6 Å². The highest BCUT2D eigenvalue weighted by molar-refractivity contribution is 9.10. The molecular weight excluding hydrogens is 441 g/mol. The molecule has 1 aliphatic rings. The van der Waals surface area contributed by atoms with Crippen LogP contribution in [0.1, 0.15) is 23.2 Å². The van der Waals surface area contributed by atoms with Gasteiger partial charge in [0.1, 0.15) is 5.75 Å². The molecule has 1 aliphatic heterocycles. The number of carbonyl (C=O) groups is 1. The fourth-order valence-electron chi connectivity index (χ4n) is 2.77. The maximum absolute atomic E-state index is 12.6. The molecule has 1 unspecified atom stereocenters. The van der Waals surface area contributed by atoms with E-state index in [1.165, 1.54) is 0 Å². The molecule has 1 amide bonds. The molecular formula is C18H22BrCl2N3O2. The lowest BCUT2D eigenvalue weighted by molar-refractivity contribution is 0.0697. The molecule has 0 bridgehead atoms. The predicted octanol–water partition coefficient (Wildman–Crippen LogP) is 4.30. The predicted molar refractivity (Wildman–Crippen MR) is 111 cm³/mol. The van der Waals surface area contributed by atoms with Gasteiger partial charge in [-0.25, -0.2) is 4.98 Å². The summed E-state index contributed by atoms with van der Waals surface area (Å²) in [4.78, 5) is 18.7. The van der Waals surface area contributed by atoms with Gasteiger partial charge in [-0.15, -0.1) is 24.8 Å². The van der Waals surface area contributed by atoms with Crippen molar-refractivity contribution in [2.24, 2.45) is 0 Å². The maximum Gasteiger partial charge on any atom is 0.255 e. The van der Waals surface area contributed by atoms with Crippen molar-refractivity contribution in [1.82, 2.24) is 15.2 Å². The lowest BCUT2D eigenvalue weighted by atomic mass is 10.1. The van der Waals surface area contributed by atoms with Crippen LogP contribution in [-0.2, 0) is 0 Å². The molecule has 1 fully saturated rings. The number of hydrogen-bond donors (Lipinski definition) is 1. The van der Waals surface area contributed by atoms with Crippen molar-refractivity contribution >= 4 is 46.7 Å². The number of pyridine rings is 1. The first-order valence-corrected chi connectivity index (χ1v) is 8.81. The maximum atomic E-state index is 12.6. The van der Waals surface area contributed by atoms with Crippen LogP contribution in [0.3, 0.4) is 0 Å². The molecule has 1 N–H and O–H groups in total. The van der Waals surface area contributed by atoms with E-state index >= 15 is 0 Å². The topological polar surface area (TPSA) is 54.5 Å². The Morgan fingerprint density at radius 2 is 1.96 bits per heavy atom. The zero-order valence-corrected chi connectivity index (χ0v) is 17.6. The molecule has 26 heavy (non-hydrogen) atoms. The Labute approximate surface area is 174 Å². The number of piperidine rings is 1. The number of nitrogens with one attached hydrogen (secondary N) is 1. The van der Waals surface area contributed by atoms with Crippen LogP contribution in [-0.4, -0.2) is 42.0 Å². The molecule has 2 aromatic rings. The Balaban J connectivity index is 0.00000169. The number of nitrogens with zero attached hydrogens (tertiary/aromatic N) is 2. The molecule has 1 saturated heterocycles. The van der Waals surface area contributed by atoms with Gasteiger partial charge in [0, 0.05) is 35.9 Å². The van der Waals surface area contributed by atoms with Crippen LogP contribution in [0.25, 0.3) is 0 Å². The number of amides is 1. The van der Waals surface area contributed by atoms with Crippen LogP contribution in [0.2, 0.25) is 0 Å². The van der Waals surface area contributed by atoms with E-state index in [-0.39, 0.29) is 30.7 Å². The molecule has 1 atom stereocenters. The fourth-order valence-corrected chi connectivity index (χ4v) is 3.03. The van der Waals surface area contributed by atoms with Gasteiger partial charge < -0.3 is 15.0 Å². The number of ether oxygens (including phenoxy) is 1. The minimum absolute atomic E-state index is 0. The van der Waals surface area contributed by atoms with E-state index in [0.717, 1.165) is 30.4 Å². The average molecular weight is 463 g/mol. The zero-order valence-electron chi connectivity index (χ0n) is 14.4. The first-order chi connectivity index (χ1) is 11.7. The van der Waals surface area contributed by atoms with E-state index < -0.39 is 0 Å². The third-order valence-electron chi connectivity index (χ3n) is 4.14. The zero-order chi connectivity index (χ0) is 16.9. The van der Waals surface area contributed by atoms with E-state index in [2.05, 4.69) is 26.2 Å². The number of carbonyl (C=O) groups excluding carboxylic acids is 1. The van der Waals surface area contributed by atoms with E-state index in [4.69, 9.17) is 4.74 Å². The Hall–Kier alpha value is -1.34. The number of aromatic nitrogens is 1. The van der Waals surface area contributed by atoms with Crippen molar-refractivity contribution in [1.29, 1.82) is 0 Å². The van der Waals surface area contributed by atoms with Gasteiger partial charge >= 0.3 is 0 Å². The molecule has 0 saturated carbocycles. The second-order valence-corrected chi connectivity index (χ2v) is 6.74. The molecule has 5 nitrogen and oxygen atoms in total. The third kappa shape index (κ3) is 5.84. The van der Waals surface area contributed by atoms with Crippen LogP contribution in [0, 0.1) is 0 Å². The largest absolute Gasteiger partial charge is 0.439 e. The van der Waals surface area contributed by atoms with Crippen LogP contribution < -0.4 is 10.1 Å². The Morgan fingerprint density at radius 3 is 2.58 bits per heavy atom. The van der Waals surface area contributed by atoms with Gasteiger partial charge in [0.25, 0.3) is 5.91 Å². The Morgan fingerprint density at radius 1 is 1.23 bits per heavy atom. The van der Waals surface area contributed by atoms with Crippen molar-refractivity contribution in [2.45, 2.75) is 18.9 Å². The lowest BCUT2D eigenvalue weighted by Gasteiger charge is -2.32. The molecule has 1 aromatic carbocycles. The van der Waals surface area contributed by atoms with Crippen LogP contribution in [0.5, 0.6) is 11.6 Å². The summed E-state index contributed by atoms with van der Waals surface area (Å²) >= 11 is 3.39. The standard InChI is InChI=1S/C18H20BrN3O2.2ClH/c1-20-15-3-2-10-22(12-15)18(23)13-4-9-17(21-11-13)24-16-7-5-14(19)6-8-16;;/h4-9,11,15,20H,2-3,10,12H2,1H3;2*1H. The van der Waals surface area contributed by atoms with Crippen molar-refractivity contribution in [2.75, 3.05) is 20.1 Å². The fraction of sp³-hybridized carbons (Fsp3) is 0.333. The molecule has 0 spiro atoms. The van der Waals surface area contributed by atoms with Gasteiger partial charge in [-0.3, -0.25) is 4.79 Å². The highest BCUT2D eigenvalue weighted by Crippen LogP contribution is 2.22. The van der Waals surface area contributed by atoms with E-state index in [1.807, 2.05) is 36.2 Å². The molecule has 142 valence electrons. The lowest BCUT2D eigenvalue weighted by Crippen LogP contribution is -2.46. The summed E-state index contributed by atoms with van der Waals surface area (Å²) in [5, 5.41) is 3.25. The number of halogens is 3. The first kappa shape index (κ1) is 22.7. The van der Waals surface area contributed by atoms with E-state index in [1.54, 1.807) is 18.3 Å². The summed E-state index contributed by atoms with van der Waals surface area (Å²) < 4.78 is 6.67. The second kappa shape index (κ2) is 10.7. The molecule has 8 heteroatoms. The monoisotopic (exact) mass is 461 g/mol. The van der Waals surface area contributed by atoms with Crippen LogP contribution in [0.15, 0.2) is 47.1 Å². The summed E-state index contributed by atoms with van der Waals surface area (Å²) in [6, 6.07) is 11.4. The van der Waals surface area contributed by atoms with E-state index in [9.17, 15) is 4.79 Å². The van der Waals surface area contributed by atoms with Crippen molar-refractivity contribution < 1.29 is 9.53 Å². The number of hydrogen-bond acceptors (Lipinski definition) is 4. The summed E-state index contributed by atoms with van der Waals surface area (Å²) in [5.41, 5.74) is 0.593. The quantitative estimate of drug-likeness (QED) is 0.735. The molecule has 0 aliphatic carbocycles. The summed E-state index contributed by atoms with van der Waals surface area (Å²) in [7, 11) is 1.94. The summed E-state index contributed by atoms with van der Waals surface area (Å²) in [6.45, 7) is 1.54. The average Bonchev–Trinajstić information content (AvgIpc) is 2.64. The highest BCUT2D eigenvalue weighted by Gasteiger charge is 2.23. The smallest absolute Gasteiger partial charge is 0.255 e. The van der Waals surface area contributed by atoms with Gasteiger partial charge in [-0.05, 0) is 50.2 Å². The van der Waals surface area contributed by atoms with Crippen LogP contribution in [0.4, 0.5) is 0 Å². The van der Waals surface area contributed by atoms with Crippen LogP contribution >= 0.6 is 40.7 Å². The van der Waals surface area contributed by atoms with Crippen molar-refractivity contribution in [3.63, 3.8) is 0 Å². The Bertz CT molecular complexity index is 699. The van der Waals surface area contributed by atoms with Gasteiger partial charge in [0.05, 0.1) is 5.56 Å².